The summed E-state index contributed by atoms with van der Waals surface area (Å²) in [5.41, 5.74) is 7.23. The molecule has 1 fully saturated rings. The van der Waals surface area contributed by atoms with E-state index in [1.165, 1.54) is 38.2 Å². The second-order valence-electron chi connectivity index (χ2n) is 7.02. The Balaban J connectivity index is 1.82. The van der Waals surface area contributed by atoms with E-state index in [-0.39, 0.29) is 28.6 Å². The van der Waals surface area contributed by atoms with E-state index in [2.05, 4.69) is 5.32 Å². The number of nitrogen functional groups attached to an aromatic ring is 1. The molecule has 1 saturated carbocycles. The van der Waals surface area contributed by atoms with Crippen LogP contribution in [0.2, 0.25) is 0 Å². The van der Waals surface area contributed by atoms with Gasteiger partial charge in [-0.1, -0.05) is 25.0 Å². The third-order valence-corrected chi connectivity index (χ3v) is 4.83. The van der Waals surface area contributed by atoms with Gasteiger partial charge in [0.05, 0.1) is 23.9 Å². The van der Waals surface area contributed by atoms with Crippen molar-refractivity contribution in [3.8, 4) is 5.75 Å². The molecular formula is C22H23F2N3O2. The number of anilines is 1. The zero-order valence-electron chi connectivity index (χ0n) is 16.1. The van der Waals surface area contributed by atoms with Crippen LogP contribution in [0, 0.1) is 23.0 Å². The molecule has 0 aliphatic heterocycles. The van der Waals surface area contributed by atoms with E-state index in [0.29, 0.717) is 23.6 Å². The molecule has 0 spiro atoms. The predicted molar refractivity (Wildman–Crippen MR) is 109 cm³/mol. The van der Waals surface area contributed by atoms with E-state index >= 15 is 0 Å². The maximum Gasteiger partial charge on any atom is 0.255 e. The quantitative estimate of drug-likeness (QED) is 0.460. The highest BCUT2D eigenvalue weighted by molar-refractivity contribution is 6.15. The van der Waals surface area contributed by atoms with Crippen molar-refractivity contribution in [1.82, 2.24) is 5.32 Å². The Morgan fingerprint density at radius 2 is 2.03 bits per heavy atom. The van der Waals surface area contributed by atoms with Gasteiger partial charge in [0.2, 0.25) is 0 Å². The summed E-state index contributed by atoms with van der Waals surface area (Å²) in [7, 11) is 1.41. The van der Waals surface area contributed by atoms with Gasteiger partial charge in [0, 0.05) is 12.2 Å². The van der Waals surface area contributed by atoms with E-state index in [0.717, 1.165) is 18.6 Å². The highest BCUT2D eigenvalue weighted by Crippen LogP contribution is 2.32. The van der Waals surface area contributed by atoms with Crippen molar-refractivity contribution in [2.45, 2.75) is 19.3 Å². The van der Waals surface area contributed by atoms with Crippen LogP contribution in [0.5, 0.6) is 5.75 Å². The lowest BCUT2D eigenvalue weighted by Crippen LogP contribution is -2.26. The van der Waals surface area contributed by atoms with Crippen molar-refractivity contribution in [3.63, 3.8) is 0 Å². The Hall–Kier alpha value is -3.22. The van der Waals surface area contributed by atoms with Crippen molar-refractivity contribution in [1.29, 1.82) is 5.41 Å². The van der Waals surface area contributed by atoms with Crippen LogP contribution < -0.4 is 15.8 Å². The van der Waals surface area contributed by atoms with Gasteiger partial charge < -0.3 is 21.2 Å². The molecule has 0 aromatic heterocycles. The number of allylic oxidation sites excluding steroid dienone is 1. The minimum absolute atomic E-state index is 0.0169. The summed E-state index contributed by atoms with van der Waals surface area (Å²) in [6.07, 6.45) is 6.24. The van der Waals surface area contributed by atoms with Crippen LogP contribution in [-0.4, -0.2) is 25.3 Å². The predicted octanol–water partition coefficient (Wildman–Crippen LogP) is 4.17. The highest BCUT2D eigenvalue weighted by Gasteiger charge is 2.23. The number of nitrogens with two attached hydrogens (primary N) is 1. The van der Waals surface area contributed by atoms with Crippen LogP contribution in [0.4, 0.5) is 14.5 Å². The van der Waals surface area contributed by atoms with Gasteiger partial charge in [-0.3, -0.25) is 4.79 Å². The van der Waals surface area contributed by atoms with Gasteiger partial charge in [-0.25, -0.2) is 8.78 Å². The summed E-state index contributed by atoms with van der Waals surface area (Å²) in [5, 5.41) is 11.2. The van der Waals surface area contributed by atoms with Gasteiger partial charge in [-0.05, 0) is 48.2 Å². The van der Waals surface area contributed by atoms with Crippen molar-refractivity contribution >= 4 is 23.4 Å². The smallest absolute Gasteiger partial charge is 0.255 e. The number of rotatable bonds is 8. The van der Waals surface area contributed by atoms with E-state index in [1.807, 2.05) is 0 Å². The zero-order chi connectivity index (χ0) is 21.0. The molecule has 0 bridgehead atoms. The maximum absolute atomic E-state index is 13.4. The van der Waals surface area contributed by atoms with E-state index < -0.39 is 11.6 Å². The number of carbonyl (C=O) groups is 1. The lowest BCUT2D eigenvalue weighted by atomic mass is 10.0. The van der Waals surface area contributed by atoms with Crippen molar-refractivity contribution in [3.05, 3.63) is 64.7 Å². The standard InChI is InChI=1S/C22H23F2N3O2/c1-29-21-15(22(28)27-11-10-13-2-3-13)6-9-19(26)20(21)18(25)8-5-14-4-7-16(23)17(24)12-14/h4-9,12-13,25H,2-3,10-11,26H2,1H3,(H,27,28)/b8-5+,25-18?. The first-order valence-electron chi connectivity index (χ1n) is 9.37. The number of amides is 1. The van der Waals surface area contributed by atoms with Crippen LogP contribution in [0.1, 0.15) is 40.7 Å². The summed E-state index contributed by atoms with van der Waals surface area (Å²) in [4.78, 5) is 12.6. The summed E-state index contributed by atoms with van der Waals surface area (Å²) in [5.74, 6) is -1.30. The van der Waals surface area contributed by atoms with Gasteiger partial charge in [0.1, 0.15) is 5.75 Å². The molecule has 152 valence electrons. The molecular weight excluding hydrogens is 376 g/mol. The number of benzene rings is 2. The first-order chi connectivity index (χ1) is 13.9. The third-order valence-electron chi connectivity index (χ3n) is 4.83. The lowest BCUT2D eigenvalue weighted by Gasteiger charge is -2.15. The van der Waals surface area contributed by atoms with Gasteiger partial charge >= 0.3 is 0 Å². The maximum atomic E-state index is 13.4. The van der Waals surface area contributed by atoms with Crippen LogP contribution >= 0.6 is 0 Å². The molecule has 0 atom stereocenters. The minimum Gasteiger partial charge on any atom is -0.495 e. The van der Waals surface area contributed by atoms with Crippen molar-refractivity contribution in [2.24, 2.45) is 5.92 Å². The van der Waals surface area contributed by atoms with E-state index in [4.69, 9.17) is 15.9 Å². The number of nitrogens with one attached hydrogen (secondary N) is 2. The highest BCUT2D eigenvalue weighted by atomic mass is 19.2. The van der Waals surface area contributed by atoms with Crippen LogP contribution in [0.25, 0.3) is 6.08 Å². The Morgan fingerprint density at radius 3 is 2.69 bits per heavy atom. The molecule has 2 aromatic carbocycles. The summed E-state index contributed by atoms with van der Waals surface area (Å²) >= 11 is 0. The molecule has 7 heteroatoms. The molecule has 1 aliphatic carbocycles. The molecule has 0 saturated heterocycles. The van der Waals surface area contributed by atoms with Crippen LogP contribution in [-0.2, 0) is 0 Å². The number of hydrogen-bond acceptors (Lipinski definition) is 4. The summed E-state index contributed by atoms with van der Waals surface area (Å²) in [6.45, 7) is 0.583. The van der Waals surface area contributed by atoms with Crippen LogP contribution in [0.15, 0.2) is 36.4 Å². The molecule has 4 N–H and O–H groups in total. The Kier molecular flexibility index (Phi) is 6.26. The molecule has 5 nitrogen and oxygen atoms in total. The molecule has 1 aliphatic rings. The molecule has 0 radical (unpaired) electrons. The summed E-state index contributed by atoms with van der Waals surface area (Å²) in [6, 6.07) is 6.56. The second-order valence-corrected chi connectivity index (χ2v) is 7.02. The lowest BCUT2D eigenvalue weighted by molar-refractivity contribution is 0.0949. The zero-order valence-corrected chi connectivity index (χ0v) is 16.1. The first-order valence-corrected chi connectivity index (χ1v) is 9.37. The van der Waals surface area contributed by atoms with Gasteiger partial charge in [0.25, 0.3) is 5.91 Å². The van der Waals surface area contributed by atoms with Crippen LogP contribution in [0.3, 0.4) is 0 Å². The largest absolute Gasteiger partial charge is 0.495 e. The van der Waals surface area contributed by atoms with E-state index in [1.54, 1.807) is 12.1 Å². The van der Waals surface area contributed by atoms with Gasteiger partial charge in [-0.2, -0.15) is 0 Å². The normalized spacial score (nSPS) is 13.5. The number of ether oxygens (including phenoxy) is 1. The first kappa shape index (κ1) is 20.5. The molecule has 3 rings (SSSR count). The topological polar surface area (TPSA) is 88.2 Å². The average molecular weight is 399 g/mol. The fraction of sp³-hybridized carbons (Fsp3) is 0.273. The number of halogens is 2. The minimum atomic E-state index is -0.972. The average Bonchev–Trinajstić information content (AvgIpc) is 3.52. The van der Waals surface area contributed by atoms with Crippen molar-refractivity contribution in [2.75, 3.05) is 19.4 Å². The summed E-state index contributed by atoms with van der Waals surface area (Å²) < 4.78 is 31.8. The SMILES string of the molecule is COc1c(C(=O)NCCC2CC2)ccc(N)c1C(=N)/C=C/c1ccc(F)c(F)c1. The molecule has 1 amide bonds. The van der Waals surface area contributed by atoms with E-state index in [9.17, 15) is 13.6 Å². The fourth-order valence-corrected chi connectivity index (χ4v) is 3.04. The Morgan fingerprint density at radius 1 is 1.28 bits per heavy atom. The molecule has 29 heavy (non-hydrogen) atoms. The van der Waals surface area contributed by atoms with Gasteiger partial charge in [0.15, 0.2) is 11.6 Å². The monoisotopic (exact) mass is 399 g/mol. The van der Waals surface area contributed by atoms with Gasteiger partial charge in [-0.15, -0.1) is 0 Å². The van der Waals surface area contributed by atoms with Crippen molar-refractivity contribution < 1.29 is 18.3 Å². The molecule has 0 unspecified atom stereocenters. The third kappa shape index (κ3) is 4.99. The number of carbonyl (C=O) groups excluding carboxylic acids is 1. The number of methoxy groups -OCH3 is 1. The fourth-order valence-electron chi connectivity index (χ4n) is 3.04. The second kappa shape index (κ2) is 8.86. The Bertz CT molecular complexity index is 969. The molecule has 2 aromatic rings. The number of hydrogen-bond donors (Lipinski definition) is 3. The Labute approximate surface area is 168 Å². The molecule has 0 heterocycles.